The van der Waals surface area contributed by atoms with Crippen LogP contribution in [0.3, 0.4) is 0 Å². The number of hydrogen-bond donors (Lipinski definition) is 3. The Morgan fingerprint density at radius 3 is 1.73 bits per heavy atom. The van der Waals surface area contributed by atoms with E-state index in [2.05, 4.69) is 36.0 Å². The van der Waals surface area contributed by atoms with E-state index in [4.69, 9.17) is 5.73 Å². The molecule has 0 aliphatic heterocycles. The molecule has 0 saturated heterocycles. The summed E-state index contributed by atoms with van der Waals surface area (Å²) in [6, 6.07) is 27.9. The standard InChI is InChI=1S/C43H30N8O14S4.4Na/c44-33-15-12-26(20-38(33)68(60,61)62)46-47-35-11-5-9-31-32(35)21-29(67(57,58)59)22-36(31)49-50-37-19-27(45-43(53)23-6-2-1-3-7-23)16-25-18-39(69(63,64)65)41(42(52)40(25)37)51-48-34-10-4-8-24-17-28(66(54,55)56)13-14-30(24)34;;;;/h1-22,52H,44H2,(H,45,53)(H,54,55,56)(H,57,58,59)(H,60,61,62)(H,63,64,65);;;;/q;4*+1/p-4. The predicted molar refractivity (Wildman–Crippen MR) is 243 cm³/mol. The minimum absolute atomic E-state index is 0. The second-order valence-corrected chi connectivity index (χ2v) is 20.1. The van der Waals surface area contributed by atoms with E-state index in [0.29, 0.717) is 0 Å². The number of anilines is 2. The Kier molecular flexibility index (Phi) is 20.6. The van der Waals surface area contributed by atoms with E-state index in [-0.39, 0.29) is 196 Å². The number of phenols is 1. The molecule has 73 heavy (non-hydrogen) atoms. The second kappa shape index (κ2) is 24.4. The molecule has 0 aliphatic carbocycles. The molecule has 1 amide bonds. The molecule has 0 atom stereocenters. The van der Waals surface area contributed by atoms with Crippen LogP contribution in [0.15, 0.2) is 184 Å². The number of aromatic hydroxyl groups is 1. The molecule has 350 valence electrons. The number of nitrogen functional groups attached to an aromatic ring is 1. The average Bonchev–Trinajstić information content (AvgIpc) is 3.28. The maximum Gasteiger partial charge on any atom is 1.00 e. The first-order valence-electron chi connectivity index (χ1n) is 19.2. The molecule has 0 heterocycles. The van der Waals surface area contributed by atoms with E-state index in [9.17, 15) is 61.8 Å². The van der Waals surface area contributed by atoms with Gasteiger partial charge in [-0.1, -0.05) is 48.5 Å². The van der Waals surface area contributed by atoms with Crippen molar-refractivity contribution in [1.29, 1.82) is 0 Å². The second-order valence-electron chi connectivity index (χ2n) is 14.6. The molecule has 0 unspecified atom stereocenters. The summed E-state index contributed by atoms with van der Waals surface area (Å²) in [5.41, 5.74) is 3.57. The van der Waals surface area contributed by atoms with Crippen LogP contribution < -0.4 is 129 Å². The minimum atomic E-state index is -5.50. The van der Waals surface area contributed by atoms with Gasteiger partial charge in [-0.15, -0.1) is 25.6 Å². The van der Waals surface area contributed by atoms with Crippen LogP contribution in [0.4, 0.5) is 45.5 Å². The largest absolute Gasteiger partial charge is 1.00 e. The Morgan fingerprint density at radius 1 is 0.479 bits per heavy atom. The van der Waals surface area contributed by atoms with Crippen LogP contribution in [-0.2, 0) is 40.5 Å². The summed E-state index contributed by atoms with van der Waals surface area (Å²) in [5.74, 6) is -1.66. The molecule has 0 spiro atoms. The SMILES string of the molecule is Nc1ccc(N=Nc2cccc3c(N=Nc4cc(NC(=O)c5ccccc5)cc5cc(S(=O)(=O)[O-])c(N=Nc6cccc7cc(S(=O)(=O)[O-])ccc67)c(O)c45)cc(S(=O)(=O)[O-])cc23)cc1S(=O)(=O)[O-].[Na+].[Na+].[Na+].[Na+]. The first-order valence-corrected chi connectivity index (χ1v) is 24.9. The Morgan fingerprint density at radius 2 is 1.08 bits per heavy atom. The number of phenolic OH excluding ortho intramolecular Hbond substituents is 1. The van der Waals surface area contributed by atoms with Crippen LogP contribution in [0, 0.1) is 0 Å². The average molecular weight is 1100 g/mol. The van der Waals surface area contributed by atoms with Crippen molar-refractivity contribution in [2.24, 2.45) is 30.7 Å². The summed E-state index contributed by atoms with van der Waals surface area (Å²) < 4.78 is 146. The molecule has 8 rings (SSSR count). The van der Waals surface area contributed by atoms with Gasteiger partial charge < -0.3 is 34.4 Å². The van der Waals surface area contributed by atoms with Gasteiger partial charge in [-0.2, -0.15) is 5.11 Å². The van der Waals surface area contributed by atoms with Gasteiger partial charge in [0.15, 0.2) is 5.75 Å². The first kappa shape index (κ1) is 61.6. The third kappa shape index (κ3) is 14.1. The summed E-state index contributed by atoms with van der Waals surface area (Å²) in [4.78, 5) is 10.1. The van der Waals surface area contributed by atoms with Gasteiger partial charge in [0.2, 0.25) is 0 Å². The number of rotatable bonds is 12. The van der Waals surface area contributed by atoms with Crippen LogP contribution in [-0.4, -0.2) is 62.9 Å². The zero-order valence-electron chi connectivity index (χ0n) is 38.3. The molecular formula is C43H26N8Na4O14S4. The van der Waals surface area contributed by atoms with Gasteiger partial charge in [-0.05, 0) is 95.7 Å². The monoisotopic (exact) mass is 1100 g/mol. The molecular weight excluding hydrogens is 1070 g/mol. The summed E-state index contributed by atoms with van der Waals surface area (Å²) in [7, 11) is -20.6. The van der Waals surface area contributed by atoms with Crippen molar-refractivity contribution in [3.05, 3.63) is 139 Å². The van der Waals surface area contributed by atoms with E-state index < -0.39 is 77.4 Å². The number of nitrogens with one attached hydrogen (secondary N) is 1. The molecule has 0 saturated carbocycles. The maximum absolute atomic E-state index is 13.3. The van der Waals surface area contributed by atoms with E-state index in [1.54, 1.807) is 18.2 Å². The first-order chi connectivity index (χ1) is 32.5. The predicted octanol–water partition coefficient (Wildman–Crippen LogP) is -3.44. The molecule has 0 aromatic heterocycles. The smallest absolute Gasteiger partial charge is 0.744 e. The Balaban J connectivity index is 0.00000289. The fraction of sp³-hybridized carbons (Fsp3) is 0. The number of nitrogens with two attached hydrogens (primary N) is 1. The Labute approximate surface area is 503 Å². The van der Waals surface area contributed by atoms with Gasteiger partial charge in [-0.25, -0.2) is 33.7 Å². The summed E-state index contributed by atoms with van der Waals surface area (Å²) in [6.07, 6.45) is 0. The van der Waals surface area contributed by atoms with Gasteiger partial charge in [0, 0.05) is 33.1 Å². The third-order valence-electron chi connectivity index (χ3n) is 10.1. The van der Waals surface area contributed by atoms with Crippen molar-refractivity contribution in [2.75, 3.05) is 11.1 Å². The molecule has 0 fully saturated rings. The maximum atomic E-state index is 13.3. The van der Waals surface area contributed by atoms with Gasteiger partial charge in [0.1, 0.15) is 46.2 Å². The van der Waals surface area contributed by atoms with Crippen LogP contribution in [0.5, 0.6) is 5.75 Å². The molecule has 30 heteroatoms. The normalized spacial score (nSPS) is 12.1. The van der Waals surface area contributed by atoms with Crippen LogP contribution in [0.1, 0.15) is 10.4 Å². The third-order valence-corrected chi connectivity index (χ3v) is 13.5. The van der Waals surface area contributed by atoms with E-state index in [1.807, 2.05) is 0 Å². The van der Waals surface area contributed by atoms with Gasteiger partial charge in [0.05, 0.1) is 53.4 Å². The number of azo groups is 3. The van der Waals surface area contributed by atoms with Gasteiger partial charge in [-0.3, -0.25) is 4.79 Å². The van der Waals surface area contributed by atoms with Crippen molar-refractivity contribution in [3.63, 3.8) is 0 Å². The van der Waals surface area contributed by atoms with Crippen LogP contribution >= 0.6 is 0 Å². The van der Waals surface area contributed by atoms with Crippen molar-refractivity contribution in [2.45, 2.75) is 19.6 Å². The van der Waals surface area contributed by atoms with E-state index in [0.717, 1.165) is 42.5 Å². The number of carbonyl (C=O) groups excluding carboxylic acids is 1. The summed E-state index contributed by atoms with van der Waals surface area (Å²) in [5, 5.41) is 38.9. The van der Waals surface area contributed by atoms with E-state index >= 15 is 0 Å². The topological polar surface area (TPSA) is 378 Å². The fourth-order valence-corrected chi connectivity index (χ4v) is 9.24. The van der Waals surface area contributed by atoms with Crippen molar-refractivity contribution < 1.29 is 180 Å². The van der Waals surface area contributed by atoms with Crippen molar-refractivity contribution >= 4 is 124 Å². The molecule has 0 aliphatic rings. The Bertz CT molecular complexity index is 4060. The van der Waals surface area contributed by atoms with Crippen molar-refractivity contribution in [3.8, 4) is 5.75 Å². The Hall–Kier alpha value is -3.95. The molecule has 0 bridgehead atoms. The number of fused-ring (bicyclic) bond motifs is 3. The molecule has 22 nitrogen and oxygen atoms in total. The number of carbonyl (C=O) groups is 1. The van der Waals surface area contributed by atoms with E-state index in [1.165, 1.54) is 72.8 Å². The molecule has 8 aromatic rings. The van der Waals surface area contributed by atoms with Crippen LogP contribution in [0.25, 0.3) is 32.3 Å². The molecule has 0 radical (unpaired) electrons. The van der Waals surface area contributed by atoms with Crippen LogP contribution in [0.2, 0.25) is 0 Å². The number of hydrogen-bond acceptors (Lipinski definition) is 21. The summed E-state index contributed by atoms with van der Waals surface area (Å²) in [6.45, 7) is 0. The molecule has 4 N–H and O–H groups in total. The zero-order valence-corrected chi connectivity index (χ0v) is 49.6. The van der Waals surface area contributed by atoms with Crippen molar-refractivity contribution in [1.82, 2.24) is 0 Å². The number of benzene rings is 8. The summed E-state index contributed by atoms with van der Waals surface area (Å²) >= 11 is 0. The van der Waals surface area contributed by atoms with Gasteiger partial charge >= 0.3 is 118 Å². The fourth-order valence-electron chi connectivity index (χ4n) is 6.95. The quantitative estimate of drug-likeness (QED) is 0.0464. The molecule has 8 aromatic carbocycles. The number of amides is 1. The van der Waals surface area contributed by atoms with Gasteiger partial charge in [0.25, 0.3) is 5.91 Å². The zero-order chi connectivity index (χ0) is 49.6. The number of nitrogens with zero attached hydrogens (tertiary/aromatic N) is 6. The minimum Gasteiger partial charge on any atom is -0.744 e.